The van der Waals surface area contributed by atoms with Crippen LogP contribution in [0, 0.1) is 0 Å². The second-order valence-corrected chi connectivity index (χ2v) is 5.29. The molecule has 0 fully saturated rings. The molecule has 0 saturated heterocycles. The van der Waals surface area contributed by atoms with Gasteiger partial charge in [-0.15, -0.1) is 0 Å². The monoisotopic (exact) mass is 278 g/mol. The van der Waals surface area contributed by atoms with Crippen LogP contribution in [0.5, 0.6) is 0 Å². The maximum Gasteiger partial charge on any atom is 0.222 e. The summed E-state index contributed by atoms with van der Waals surface area (Å²) in [5.41, 5.74) is 7.24. The summed E-state index contributed by atoms with van der Waals surface area (Å²) in [5, 5.41) is 4.21. The maximum atomic E-state index is 4.40. The zero-order valence-electron chi connectivity index (χ0n) is 12.2. The molecule has 2 N–H and O–H groups in total. The number of aromatic nitrogens is 2. The van der Waals surface area contributed by atoms with Crippen molar-refractivity contribution in [3.63, 3.8) is 0 Å². The third kappa shape index (κ3) is 3.11. The number of hydrogen-bond donors (Lipinski definition) is 2. The number of para-hydroxylation sites is 2. The molecule has 0 amide bonds. The Morgan fingerprint density at radius 1 is 1.10 bits per heavy atom. The number of aromatic amines is 1. The van der Waals surface area contributed by atoms with Gasteiger partial charge in [-0.3, -0.25) is 0 Å². The van der Waals surface area contributed by atoms with Gasteiger partial charge in [0.05, 0.1) is 17.2 Å². The van der Waals surface area contributed by atoms with Gasteiger partial charge in [-0.1, -0.05) is 50.2 Å². The van der Waals surface area contributed by atoms with E-state index < -0.39 is 0 Å². The van der Waals surface area contributed by atoms with E-state index in [9.17, 15) is 0 Å². The van der Waals surface area contributed by atoms with Crippen molar-refractivity contribution in [2.75, 3.05) is 5.43 Å². The lowest BCUT2D eigenvalue weighted by Crippen LogP contribution is -1.93. The molecule has 0 spiro atoms. The minimum absolute atomic E-state index is 0.546. The number of imidazole rings is 1. The first-order valence-corrected chi connectivity index (χ1v) is 7.06. The molecule has 1 heterocycles. The van der Waals surface area contributed by atoms with Crippen molar-refractivity contribution in [2.24, 2.45) is 5.10 Å². The molecule has 3 aromatic rings. The van der Waals surface area contributed by atoms with Crippen LogP contribution >= 0.6 is 0 Å². The van der Waals surface area contributed by atoms with Crippen LogP contribution in [-0.4, -0.2) is 16.2 Å². The summed E-state index contributed by atoms with van der Waals surface area (Å²) in [7, 11) is 0. The molecule has 1 aromatic heterocycles. The molecule has 2 aromatic carbocycles. The lowest BCUT2D eigenvalue weighted by molar-refractivity contribution is 0.866. The fraction of sp³-hybridized carbons (Fsp3) is 0.176. The number of benzene rings is 2. The van der Waals surface area contributed by atoms with Crippen LogP contribution in [0.15, 0.2) is 53.6 Å². The lowest BCUT2D eigenvalue weighted by atomic mass is 10.0. The molecule has 0 bridgehead atoms. The number of H-pyrrole nitrogens is 1. The second kappa shape index (κ2) is 5.79. The van der Waals surface area contributed by atoms with E-state index in [0.29, 0.717) is 11.9 Å². The summed E-state index contributed by atoms with van der Waals surface area (Å²) >= 11 is 0. The number of hydrogen-bond acceptors (Lipinski definition) is 3. The van der Waals surface area contributed by atoms with E-state index in [0.717, 1.165) is 16.6 Å². The molecule has 4 nitrogen and oxygen atoms in total. The summed E-state index contributed by atoms with van der Waals surface area (Å²) < 4.78 is 0. The molecule has 106 valence electrons. The first-order valence-electron chi connectivity index (χ1n) is 7.06. The van der Waals surface area contributed by atoms with Crippen molar-refractivity contribution in [3.8, 4) is 0 Å². The Labute approximate surface area is 123 Å². The number of rotatable bonds is 4. The van der Waals surface area contributed by atoms with E-state index in [1.807, 2.05) is 24.3 Å². The summed E-state index contributed by atoms with van der Waals surface area (Å²) in [6.45, 7) is 4.37. The number of hydrazone groups is 1. The van der Waals surface area contributed by atoms with Crippen molar-refractivity contribution in [2.45, 2.75) is 19.8 Å². The Kier molecular flexibility index (Phi) is 3.69. The van der Waals surface area contributed by atoms with Gasteiger partial charge in [0.25, 0.3) is 0 Å². The summed E-state index contributed by atoms with van der Waals surface area (Å²) in [6.07, 6.45) is 1.79. The highest BCUT2D eigenvalue weighted by Crippen LogP contribution is 2.14. The largest absolute Gasteiger partial charge is 0.323 e. The minimum atomic E-state index is 0.546. The third-order valence-corrected chi connectivity index (χ3v) is 3.38. The van der Waals surface area contributed by atoms with Crippen LogP contribution in [0.4, 0.5) is 5.95 Å². The molecular formula is C17H18N4. The van der Waals surface area contributed by atoms with Crippen molar-refractivity contribution in [3.05, 3.63) is 59.7 Å². The van der Waals surface area contributed by atoms with Crippen LogP contribution in [0.1, 0.15) is 30.9 Å². The average molecular weight is 278 g/mol. The topological polar surface area (TPSA) is 53.1 Å². The highest BCUT2D eigenvalue weighted by molar-refractivity contribution is 5.81. The Morgan fingerprint density at radius 3 is 2.57 bits per heavy atom. The van der Waals surface area contributed by atoms with E-state index in [1.54, 1.807) is 6.21 Å². The Bertz CT molecular complexity index is 721. The van der Waals surface area contributed by atoms with E-state index in [1.165, 1.54) is 5.56 Å². The molecule has 3 rings (SSSR count). The average Bonchev–Trinajstić information content (AvgIpc) is 2.90. The van der Waals surface area contributed by atoms with Gasteiger partial charge in [0.15, 0.2) is 0 Å². The molecule has 0 saturated carbocycles. The van der Waals surface area contributed by atoms with E-state index in [-0.39, 0.29) is 0 Å². The number of anilines is 1. The molecule has 0 aliphatic rings. The van der Waals surface area contributed by atoms with Crippen LogP contribution in [0.2, 0.25) is 0 Å². The molecule has 4 heteroatoms. The van der Waals surface area contributed by atoms with Gasteiger partial charge >= 0.3 is 0 Å². The fourth-order valence-corrected chi connectivity index (χ4v) is 2.14. The SMILES string of the molecule is CC(C)c1ccc(/C=N\Nc2nc3ccccc3[nH]2)cc1. The summed E-state index contributed by atoms with van der Waals surface area (Å²) in [5.74, 6) is 1.19. The molecule has 0 aliphatic heterocycles. The van der Waals surface area contributed by atoms with Crippen molar-refractivity contribution >= 4 is 23.2 Å². The summed E-state index contributed by atoms with van der Waals surface area (Å²) in [6, 6.07) is 16.3. The predicted octanol–water partition coefficient (Wildman–Crippen LogP) is 4.13. The summed E-state index contributed by atoms with van der Waals surface area (Å²) in [4.78, 5) is 7.57. The first kappa shape index (κ1) is 13.4. The zero-order chi connectivity index (χ0) is 14.7. The van der Waals surface area contributed by atoms with Gasteiger partial charge in [0.2, 0.25) is 5.95 Å². The number of nitrogens with zero attached hydrogens (tertiary/aromatic N) is 2. The second-order valence-electron chi connectivity index (χ2n) is 5.29. The van der Waals surface area contributed by atoms with E-state index in [4.69, 9.17) is 0 Å². The molecule has 0 atom stereocenters. The van der Waals surface area contributed by atoms with Crippen LogP contribution in [0.3, 0.4) is 0 Å². The number of nitrogens with one attached hydrogen (secondary N) is 2. The normalized spacial score (nSPS) is 11.6. The maximum absolute atomic E-state index is 4.40. The van der Waals surface area contributed by atoms with Crippen molar-refractivity contribution in [1.82, 2.24) is 9.97 Å². The molecule has 0 unspecified atom stereocenters. The van der Waals surface area contributed by atoms with E-state index >= 15 is 0 Å². The molecular weight excluding hydrogens is 260 g/mol. The Hall–Kier alpha value is -2.62. The van der Waals surface area contributed by atoms with E-state index in [2.05, 4.69) is 58.6 Å². The van der Waals surface area contributed by atoms with Crippen molar-refractivity contribution < 1.29 is 0 Å². The van der Waals surface area contributed by atoms with Gasteiger partial charge in [0.1, 0.15) is 0 Å². The predicted molar refractivity (Wildman–Crippen MR) is 87.8 cm³/mol. The van der Waals surface area contributed by atoms with Gasteiger partial charge in [0, 0.05) is 0 Å². The van der Waals surface area contributed by atoms with Crippen molar-refractivity contribution in [1.29, 1.82) is 0 Å². The molecule has 0 radical (unpaired) electrons. The van der Waals surface area contributed by atoms with Gasteiger partial charge in [-0.2, -0.15) is 5.10 Å². The quantitative estimate of drug-likeness (QED) is 0.557. The first-order chi connectivity index (χ1) is 10.2. The zero-order valence-corrected chi connectivity index (χ0v) is 12.2. The van der Waals surface area contributed by atoms with Crippen LogP contribution in [-0.2, 0) is 0 Å². The Morgan fingerprint density at radius 2 is 1.86 bits per heavy atom. The standard InChI is InChI=1S/C17H18N4/c1-12(2)14-9-7-13(8-10-14)11-18-21-17-19-15-5-3-4-6-16(15)20-17/h3-12H,1-2H3,(H2,19,20,21)/b18-11-. The van der Waals surface area contributed by atoms with Gasteiger partial charge in [-0.25, -0.2) is 10.4 Å². The minimum Gasteiger partial charge on any atom is -0.323 e. The Balaban J connectivity index is 1.68. The highest BCUT2D eigenvalue weighted by atomic mass is 15.3. The van der Waals surface area contributed by atoms with Gasteiger partial charge < -0.3 is 4.98 Å². The number of fused-ring (bicyclic) bond motifs is 1. The third-order valence-electron chi connectivity index (χ3n) is 3.38. The molecule has 0 aliphatic carbocycles. The van der Waals surface area contributed by atoms with Crippen LogP contribution < -0.4 is 5.43 Å². The molecule has 21 heavy (non-hydrogen) atoms. The highest BCUT2D eigenvalue weighted by Gasteiger charge is 2.00. The lowest BCUT2D eigenvalue weighted by Gasteiger charge is -2.04. The fourth-order valence-electron chi connectivity index (χ4n) is 2.14. The van der Waals surface area contributed by atoms with Crippen LogP contribution in [0.25, 0.3) is 11.0 Å². The smallest absolute Gasteiger partial charge is 0.222 e. The van der Waals surface area contributed by atoms with Gasteiger partial charge in [-0.05, 0) is 29.2 Å².